The fraction of sp³-hybridized carbons (Fsp3) is 0.231. The standard InChI is InChI=1S/C26H26N2O2S/c1-2-19-8-14-23(15-9-19)27-25(30)21-10-12-22(13-11-21)26-28(24(29)18-31-26)17-16-20-6-4-3-5-7-20/h3-15,26H,2,16-18H2,1H3,(H,27,30)/t26-/m1/s1. The predicted octanol–water partition coefficient (Wildman–Crippen LogP) is 5.32. The molecule has 0 unspecified atom stereocenters. The highest BCUT2D eigenvalue weighted by Crippen LogP contribution is 2.38. The molecule has 3 aromatic rings. The maximum atomic E-state index is 12.6. The summed E-state index contributed by atoms with van der Waals surface area (Å²) in [5.41, 5.74) is 4.91. The molecule has 3 aromatic carbocycles. The molecule has 4 nitrogen and oxygen atoms in total. The average Bonchev–Trinajstić information content (AvgIpc) is 3.19. The van der Waals surface area contributed by atoms with E-state index in [-0.39, 0.29) is 17.2 Å². The van der Waals surface area contributed by atoms with Gasteiger partial charge in [-0.3, -0.25) is 9.59 Å². The monoisotopic (exact) mass is 430 g/mol. The third-order valence-electron chi connectivity index (χ3n) is 5.53. The van der Waals surface area contributed by atoms with Gasteiger partial charge in [0.1, 0.15) is 5.37 Å². The molecular formula is C26H26N2O2S. The number of carbonyl (C=O) groups is 2. The smallest absolute Gasteiger partial charge is 0.255 e. The van der Waals surface area contributed by atoms with Crippen LogP contribution in [-0.2, 0) is 17.6 Å². The number of aryl methyl sites for hydroxylation is 1. The van der Waals surface area contributed by atoms with Gasteiger partial charge in [-0.2, -0.15) is 0 Å². The van der Waals surface area contributed by atoms with Crippen LogP contribution in [0.2, 0.25) is 0 Å². The Morgan fingerprint density at radius 1 is 0.968 bits per heavy atom. The lowest BCUT2D eigenvalue weighted by molar-refractivity contribution is -0.128. The van der Waals surface area contributed by atoms with Gasteiger partial charge in [0.15, 0.2) is 0 Å². The molecule has 2 amide bonds. The molecule has 1 fully saturated rings. The van der Waals surface area contributed by atoms with Crippen molar-refractivity contribution in [1.29, 1.82) is 0 Å². The van der Waals surface area contributed by atoms with Gasteiger partial charge in [0.2, 0.25) is 5.91 Å². The van der Waals surface area contributed by atoms with Crippen molar-refractivity contribution in [3.63, 3.8) is 0 Å². The van der Waals surface area contributed by atoms with Gasteiger partial charge in [0.05, 0.1) is 5.75 Å². The summed E-state index contributed by atoms with van der Waals surface area (Å²) in [5, 5.41) is 2.94. The zero-order valence-corrected chi connectivity index (χ0v) is 18.4. The van der Waals surface area contributed by atoms with Crippen LogP contribution >= 0.6 is 11.8 Å². The molecule has 1 aliphatic heterocycles. The van der Waals surface area contributed by atoms with Crippen molar-refractivity contribution in [2.24, 2.45) is 0 Å². The number of anilines is 1. The van der Waals surface area contributed by atoms with Crippen molar-refractivity contribution in [2.45, 2.75) is 25.1 Å². The van der Waals surface area contributed by atoms with E-state index < -0.39 is 0 Å². The Balaban J connectivity index is 1.41. The Labute approximate surface area is 187 Å². The first-order valence-corrected chi connectivity index (χ1v) is 11.6. The minimum atomic E-state index is -0.133. The van der Waals surface area contributed by atoms with Gasteiger partial charge in [0, 0.05) is 17.8 Å². The van der Waals surface area contributed by atoms with Crippen molar-refractivity contribution in [1.82, 2.24) is 4.90 Å². The first kappa shape index (κ1) is 21.2. The number of amides is 2. The number of thioether (sulfide) groups is 1. The fourth-order valence-electron chi connectivity index (χ4n) is 3.69. The van der Waals surface area contributed by atoms with Crippen LogP contribution in [0.4, 0.5) is 5.69 Å². The molecule has 0 bridgehead atoms. The maximum absolute atomic E-state index is 12.6. The van der Waals surface area contributed by atoms with E-state index in [9.17, 15) is 9.59 Å². The largest absolute Gasteiger partial charge is 0.326 e. The zero-order chi connectivity index (χ0) is 21.6. The zero-order valence-electron chi connectivity index (χ0n) is 17.6. The number of benzene rings is 3. The van der Waals surface area contributed by atoms with E-state index in [4.69, 9.17) is 0 Å². The quantitative estimate of drug-likeness (QED) is 0.552. The Bertz CT molecular complexity index is 1030. The highest BCUT2D eigenvalue weighted by molar-refractivity contribution is 8.00. The van der Waals surface area contributed by atoms with Gasteiger partial charge in [-0.1, -0.05) is 61.5 Å². The lowest BCUT2D eigenvalue weighted by Gasteiger charge is -2.24. The number of hydrogen-bond acceptors (Lipinski definition) is 3. The molecule has 31 heavy (non-hydrogen) atoms. The molecule has 1 saturated heterocycles. The van der Waals surface area contributed by atoms with Crippen LogP contribution in [0.3, 0.4) is 0 Å². The Morgan fingerprint density at radius 3 is 2.35 bits per heavy atom. The van der Waals surface area contributed by atoms with Crippen molar-refractivity contribution in [3.8, 4) is 0 Å². The minimum absolute atomic E-state index is 0.00471. The Hall–Kier alpha value is -3.05. The van der Waals surface area contributed by atoms with Crippen LogP contribution in [0.25, 0.3) is 0 Å². The van der Waals surface area contributed by atoms with E-state index in [2.05, 4.69) is 24.4 Å². The molecule has 1 aliphatic rings. The molecule has 158 valence electrons. The second-order valence-electron chi connectivity index (χ2n) is 7.61. The van der Waals surface area contributed by atoms with Crippen LogP contribution in [-0.4, -0.2) is 29.0 Å². The van der Waals surface area contributed by atoms with Gasteiger partial charge in [-0.05, 0) is 53.8 Å². The summed E-state index contributed by atoms with van der Waals surface area (Å²) in [5.74, 6) is 0.533. The molecule has 0 spiro atoms. The maximum Gasteiger partial charge on any atom is 0.255 e. The van der Waals surface area contributed by atoms with Crippen LogP contribution in [0.5, 0.6) is 0 Å². The third kappa shape index (κ3) is 5.17. The summed E-state index contributed by atoms with van der Waals surface area (Å²) < 4.78 is 0. The summed E-state index contributed by atoms with van der Waals surface area (Å²) in [6.45, 7) is 2.80. The third-order valence-corrected chi connectivity index (χ3v) is 6.79. The number of nitrogens with one attached hydrogen (secondary N) is 1. The Kier molecular flexibility index (Phi) is 6.73. The van der Waals surface area contributed by atoms with Gasteiger partial charge >= 0.3 is 0 Å². The van der Waals surface area contributed by atoms with Crippen molar-refractivity contribution in [3.05, 3.63) is 101 Å². The van der Waals surface area contributed by atoms with E-state index in [0.717, 1.165) is 24.1 Å². The summed E-state index contributed by atoms with van der Waals surface area (Å²) in [6, 6.07) is 25.7. The second kappa shape index (κ2) is 9.84. The lowest BCUT2D eigenvalue weighted by atomic mass is 10.1. The van der Waals surface area contributed by atoms with E-state index in [1.165, 1.54) is 11.1 Å². The van der Waals surface area contributed by atoms with Crippen molar-refractivity contribution in [2.75, 3.05) is 17.6 Å². The van der Waals surface area contributed by atoms with E-state index in [0.29, 0.717) is 17.9 Å². The summed E-state index contributed by atoms with van der Waals surface area (Å²) in [4.78, 5) is 27.0. The molecule has 1 atom stereocenters. The first-order chi connectivity index (χ1) is 15.1. The SMILES string of the molecule is CCc1ccc(NC(=O)c2ccc([C@H]3SCC(=O)N3CCc3ccccc3)cc2)cc1. The van der Waals surface area contributed by atoms with Crippen LogP contribution < -0.4 is 5.32 Å². The first-order valence-electron chi connectivity index (χ1n) is 10.6. The molecule has 5 heteroatoms. The minimum Gasteiger partial charge on any atom is -0.326 e. The fourth-order valence-corrected chi connectivity index (χ4v) is 4.91. The number of nitrogens with zero attached hydrogens (tertiary/aromatic N) is 1. The molecule has 4 rings (SSSR count). The summed E-state index contributed by atoms with van der Waals surface area (Å²) in [7, 11) is 0. The molecule has 1 heterocycles. The predicted molar refractivity (Wildman–Crippen MR) is 127 cm³/mol. The number of hydrogen-bond donors (Lipinski definition) is 1. The molecule has 0 saturated carbocycles. The van der Waals surface area contributed by atoms with Crippen LogP contribution in [0.1, 0.15) is 39.3 Å². The normalized spacial score (nSPS) is 15.8. The van der Waals surface area contributed by atoms with E-state index in [1.807, 2.05) is 71.6 Å². The highest BCUT2D eigenvalue weighted by Gasteiger charge is 2.32. The van der Waals surface area contributed by atoms with Crippen LogP contribution in [0.15, 0.2) is 78.9 Å². The molecule has 1 N–H and O–H groups in total. The average molecular weight is 431 g/mol. The Morgan fingerprint density at radius 2 is 1.68 bits per heavy atom. The molecule has 0 aromatic heterocycles. The lowest BCUT2D eigenvalue weighted by Crippen LogP contribution is -2.30. The van der Waals surface area contributed by atoms with Gasteiger partial charge < -0.3 is 10.2 Å². The molecule has 0 radical (unpaired) electrons. The molecular weight excluding hydrogens is 404 g/mol. The van der Waals surface area contributed by atoms with Crippen LogP contribution in [0, 0.1) is 0 Å². The number of carbonyl (C=O) groups excluding carboxylic acids is 2. The van der Waals surface area contributed by atoms with E-state index >= 15 is 0 Å². The summed E-state index contributed by atoms with van der Waals surface area (Å²) in [6.07, 6.45) is 1.81. The topological polar surface area (TPSA) is 49.4 Å². The number of rotatable bonds is 7. The van der Waals surface area contributed by atoms with Gasteiger partial charge in [-0.15, -0.1) is 11.8 Å². The van der Waals surface area contributed by atoms with Crippen molar-refractivity contribution >= 4 is 29.3 Å². The summed E-state index contributed by atoms with van der Waals surface area (Å²) >= 11 is 1.64. The highest BCUT2D eigenvalue weighted by atomic mass is 32.2. The van der Waals surface area contributed by atoms with E-state index in [1.54, 1.807) is 11.8 Å². The second-order valence-corrected chi connectivity index (χ2v) is 8.68. The van der Waals surface area contributed by atoms with Crippen molar-refractivity contribution < 1.29 is 9.59 Å². The molecule has 0 aliphatic carbocycles. The van der Waals surface area contributed by atoms with Gasteiger partial charge in [0.25, 0.3) is 5.91 Å². The van der Waals surface area contributed by atoms with Gasteiger partial charge in [-0.25, -0.2) is 0 Å².